The lowest BCUT2D eigenvalue weighted by atomic mass is 10.1. The highest BCUT2D eigenvalue weighted by Crippen LogP contribution is 2.35. The fourth-order valence-electron chi connectivity index (χ4n) is 2.19. The maximum Gasteiger partial charge on any atom is 0.358 e. The van der Waals surface area contributed by atoms with Gasteiger partial charge in [0.05, 0.1) is 37.7 Å². The van der Waals surface area contributed by atoms with Crippen molar-refractivity contribution in [2.45, 2.75) is 6.92 Å². The van der Waals surface area contributed by atoms with Crippen molar-refractivity contribution in [3.63, 3.8) is 0 Å². The molecule has 2 rings (SSSR count). The van der Waals surface area contributed by atoms with Gasteiger partial charge in [0.2, 0.25) is 5.91 Å². The Morgan fingerprint density at radius 3 is 2.32 bits per heavy atom. The van der Waals surface area contributed by atoms with Gasteiger partial charge >= 0.3 is 5.97 Å². The highest BCUT2D eigenvalue weighted by Gasteiger charge is 2.20. The molecular weight excluding hydrogens is 348 g/mol. The minimum absolute atomic E-state index is 0.00581. The molecule has 1 heterocycles. The Kier molecular flexibility index (Phi) is 5.82. The van der Waals surface area contributed by atoms with Gasteiger partial charge < -0.3 is 19.5 Å². The van der Waals surface area contributed by atoms with Gasteiger partial charge in [0.1, 0.15) is 0 Å². The molecule has 0 saturated heterocycles. The van der Waals surface area contributed by atoms with Gasteiger partial charge in [-0.2, -0.15) is 0 Å². The first-order valence-corrected chi connectivity index (χ1v) is 7.57. The van der Waals surface area contributed by atoms with Gasteiger partial charge in [-0.25, -0.2) is 9.78 Å². The van der Waals surface area contributed by atoms with Crippen LogP contribution in [0.4, 0.5) is 5.69 Å². The Bertz CT molecular complexity index is 823. The first kappa shape index (κ1) is 18.5. The van der Waals surface area contributed by atoms with Gasteiger partial charge in [0.15, 0.2) is 17.2 Å². The van der Waals surface area contributed by atoms with E-state index in [4.69, 9.17) is 25.8 Å². The summed E-state index contributed by atoms with van der Waals surface area (Å²) in [4.78, 5) is 27.6. The van der Waals surface area contributed by atoms with Gasteiger partial charge in [-0.3, -0.25) is 4.79 Å². The molecule has 1 aromatic carbocycles. The van der Waals surface area contributed by atoms with Crippen molar-refractivity contribution in [2.75, 3.05) is 26.6 Å². The summed E-state index contributed by atoms with van der Waals surface area (Å²) >= 11 is 6.17. The lowest BCUT2D eigenvalue weighted by Gasteiger charge is -2.13. The third-order valence-corrected chi connectivity index (χ3v) is 3.71. The number of anilines is 1. The minimum Gasteiger partial charge on any atom is -0.493 e. The predicted molar refractivity (Wildman–Crippen MR) is 93.4 cm³/mol. The molecule has 0 aliphatic carbocycles. The van der Waals surface area contributed by atoms with Crippen LogP contribution in [-0.2, 0) is 9.53 Å². The van der Waals surface area contributed by atoms with Crippen molar-refractivity contribution >= 4 is 29.2 Å². The molecule has 0 aliphatic rings. The number of carbonyl (C=O) groups is 2. The van der Waals surface area contributed by atoms with E-state index in [-0.39, 0.29) is 22.3 Å². The zero-order chi connectivity index (χ0) is 18.6. The van der Waals surface area contributed by atoms with E-state index in [0.29, 0.717) is 22.8 Å². The van der Waals surface area contributed by atoms with Gasteiger partial charge in [-0.1, -0.05) is 11.6 Å². The van der Waals surface area contributed by atoms with E-state index in [1.54, 1.807) is 24.3 Å². The van der Waals surface area contributed by atoms with Crippen molar-refractivity contribution in [1.29, 1.82) is 0 Å². The first-order valence-electron chi connectivity index (χ1n) is 7.20. The van der Waals surface area contributed by atoms with Crippen LogP contribution in [0.5, 0.6) is 11.5 Å². The van der Waals surface area contributed by atoms with E-state index in [2.05, 4.69) is 10.3 Å². The number of halogens is 1. The van der Waals surface area contributed by atoms with Crippen LogP contribution < -0.4 is 14.8 Å². The van der Waals surface area contributed by atoms with Crippen LogP contribution in [0.15, 0.2) is 24.3 Å². The summed E-state index contributed by atoms with van der Waals surface area (Å²) in [6.07, 6.45) is 0. The van der Waals surface area contributed by atoms with Crippen LogP contribution >= 0.6 is 11.6 Å². The number of benzene rings is 1. The van der Waals surface area contributed by atoms with Crippen LogP contribution in [0.2, 0.25) is 5.02 Å². The molecule has 0 spiro atoms. The molecule has 132 valence electrons. The standard InChI is InChI=1S/C17H17ClN2O5/c1-9(21)19-12-8-11(20-16(15(12)18)17(22)25-4)10-5-6-13(23-2)14(7-10)24-3/h5-8H,1-4H3,(H,19,20,21). The topological polar surface area (TPSA) is 86.8 Å². The number of pyridine rings is 1. The fraction of sp³-hybridized carbons (Fsp3) is 0.235. The summed E-state index contributed by atoms with van der Waals surface area (Å²) in [6, 6.07) is 6.72. The maximum absolute atomic E-state index is 12.0. The highest BCUT2D eigenvalue weighted by atomic mass is 35.5. The molecule has 8 heteroatoms. The SMILES string of the molecule is COC(=O)c1nc(-c2ccc(OC)c(OC)c2)cc(NC(C)=O)c1Cl. The van der Waals surface area contributed by atoms with E-state index >= 15 is 0 Å². The number of amides is 1. The molecule has 1 N–H and O–H groups in total. The van der Waals surface area contributed by atoms with Crippen LogP contribution in [-0.4, -0.2) is 38.2 Å². The Morgan fingerprint density at radius 1 is 1.08 bits per heavy atom. The number of hydrogen-bond acceptors (Lipinski definition) is 6. The number of rotatable bonds is 5. The summed E-state index contributed by atoms with van der Waals surface area (Å²) in [5, 5.41) is 2.58. The average molecular weight is 365 g/mol. The number of aromatic nitrogens is 1. The second-order valence-corrected chi connectivity index (χ2v) is 5.34. The van der Waals surface area contributed by atoms with Gasteiger partial charge in [0, 0.05) is 12.5 Å². The molecule has 0 atom stereocenters. The van der Waals surface area contributed by atoms with Crippen LogP contribution in [0.25, 0.3) is 11.3 Å². The van der Waals surface area contributed by atoms with Crippen LogP contribution in [0, 0.1) is 0 Å². The quantitative estimate of drug-likeness (QED) is 0.820. The summed E-state index contributed by atoms with van der Waals surface area (Å²) in [5.41, 5.74) is 1.22. The van der Waals surface area contributed by atoms with Crippen LogP contribution in [0.3, 0.4) is 0 Å². The predicted octanol–water partition coefficient (Wildman–Crippen LogP) is 3.16. The second-order valence-electron chi connectivity index (χ2n) is 4.96. The van der Waals surface area contributed by atoms with Crippen molar-refractivity contribution in [1.82, 2.24) is 4.98 Å². The van der Waals surface area contributed by atoms with Crippen molar-refractivity contribution in [3.05, 3.63) is 35.0 Å². The second kappa shape index (κ2) is 7.85. The molecule has 1 amide bonds. The molecule has 0 aliphatic heterocycles. The molecule has 0 fully saturated rings. The Balaban J connectivity index is 2.64. The Labute approximate surface area is 149 Å². The molecule has 25 heavy (non-hydrogen) atoms. The van der Waals surface area contributed by atoms with E-state index in [0.717, 1.165) is 0 Å². The molecule has 7 nitrogen and oxygen atoms in total. The summed E-state index contributed by atoms with van der Waals surface area (Å²) in [5.74, 6) is 0.00837. The summed E-state index contributed by atoms with van der Waals surface area (Å²) in [6.45, 7) is 1.34. The normalized spacial score (nSPS) is 10.1. The van der Waals surface area contributed by atoms with E-state index < -0.39 is 5.97 Å². The third-order valence-electron chi connectivity index (χ3n) is 3.33. The van der Waals surface area contributed by atoms with Gasteiger partial charge in [-0.05, 0) is 24.3 Å². The maximum atomic E-state index is 12.0. The third kappa shape index (κ3) is 4.00. The zero-order valence-corrected chi connectivity index (χ0v) is 14.9. The summed E-state index contributed by atoms with van der Waals surface area (Å²) in [7, 11) is 4.27. The van der Waals surface area contributed by atoms with E-state index in [9.17, 15) is 9.59 Å². The molecule has 1 aromatic heterocycles. The number of nitrogens with zero attached hydrogens (tertiary/aromatic N) is 1. The van der Waals surface area contributed by atoms with E-state index in [1.807, 2.05) is 0 Å². The fourth-order valence-corrected chi connectivity index (χ4v) is 2.41. The van der Waals surface area contributed by atoms with Crippen molar-refractivity contribution in [3.8, 4) is 22.8 Å². The number of ether oxygens (including phenoxy) is 3. The lowest BCUT2D eigenvalue weighted by Crippen LogP contribution is -2.12. The molecule has 2 aromatic rings. The molecule has 0 saturated carbocycles. The largest absolute Gasteiger partial charge is 0.493 e. The Morgan fingerprint density at radius 2 is 1.76 bits per heavy atom. The molecular formula is C17H17ClN2O5. The van der Waals surface area contributed by atoms with Gasteiger partial charge in [0.25, 0.3) is 0 Å². The highest BCUT2D eigenvalue weighted by molar-refractivity contribution is 6.36. The molecule has 0 bridgehead atoms. The summed E-state index contributed by atoms with van der Waals surface area (Å²) < 4.78 is 15.2. The average Bonchev–Trinajstić information content (AvgIpc) is 2.61. The molecule has 0 radical (unpaired) electrons. The van der Waals surface area contributed by atoms with Crippen LogP contribution in [0.1, 0.15) is 17.4 Å². The first-order chi connectivity index (χ1) is 11.9. The van der Waals surface area contributed by atoms with Gasteiger partial charge in [-0.15, -0.1) is 0 Å². The lowest BCUT2D eigenvalue weighted by molar-refractivity contribution is -0.114. The smallest absolute Gasteiger partial charge is 0.358 e. The number of methoxy groups -OCH3 is 3. The number of esters is 1. The minimum atomic E-state index is -0.709. The number of hydrogen-bond donors (Lipinski definition) is 1. The number of carbonyl (C=O) groups excluding carboxylic acids is 2. The Hall–Kier alpha value is -2.80. The van der Waals surface area contributed by atoms with Crippen molar-refractivity contribution in [2.24, 2.45) is 0 Å². The number of nitrogens with one attached hydrogen (secondary N) is 1. The zero-order valence-electron chi connectivity index (χ0n) is 14.2. The van der Waals surface area contributed by atoms with Crippen molar-refractivity contribution < 1.29 is 23.8 Å². The monoisotopic (exact) mass is 364 g/mol. The molecule has 0 unspecified atom stereocenters. The van der Waals surface area contributed by atoms with E-state index in [1.165, 1.54) is 28.3 Å².